The molecule has 0 saturated heterocycles. The molecule has 3 aromatic carbocycles. The minimum absolute atomic E-state index is 0.00614. The monoisotopic (exact) mass is 420 g/mol. The van der Waals surface area contributed by atoms with Gasteiger partial charge in [-0.15, -0.1) is 0 Å². The Bertz CT molecular complexity index is 1050. The van der Waals surface area contributed by atoms with Gasteiger partial charge in [-0.1, -0.05) is 65.7 Å². The van der Waals surface area contributed by atoms with Crippen molar-refractivity contribution in [1.82, 2.24) is 5.01 Å². The molecule has 0 amide bonds. The van der Waals surface area contributed by atoms with E-state index in [0.717, 1.165) is 35.2 Å². The summed E-state index contributed by atoms with van der Waals surface area (Å²) >= 11 is 3.61. The molecule has 3 nitrogen and oxygen atoms in total. The van der Waals surface area contributed by atoms with Crippen molar-refractivity contribution in [2.45, 2.75) is 38.5 Å². The standard InChI is InChI=1S/C23H21BrN2O/c1-2-5-23-26-21(19-13-18(24)10-11-22(19)27-23)14-20(25-26)17-9-8-15-6-3-4-7-16(15)12-17/h3-4,6-13,21,23H,2,5,14H2,1H3/t21-,23+/m0/s1. The van der Waals surface area contributed by atoms with Gasteiger partial charge in [0.15, 0.2) is 6.23 Å². The van der Waals surface area contributed by atoms with E-state index >= 15 is 0 Å². The van der Waals surface area contributed by atoms with Crippen LogP contribution in [0, 0.1) is 0 Å². The zero-order valence-electron chi connectivity index (χ0n) is 15.2. The van der Waals surface area contributed by atoms with Gasteiger partial charge in [-0.05, 0) is 40.6 Å². The van der Waals surface area contributed by atoms with E-state index in [4.69, 9.17) is 9.84 Å². The topological polar surface area (TPSA) is 24.8 Å². The Labute approximate surface area is 167 Å². The summed E-state index contributed by atoms with van der Waals surface area (Å²) in [6, 6.07) is 21.7. The lowest BCUT2D eigenvalue weighted by Crippen LogP contribution is -2.40. The van der Waals surface area contributed by atoms with Gasteiger partial charge in [0.2, 0.25) is 0 Å². The van der Waals surface area contributed by atoms with Crippen molar-refractivity contribution in [3.8, 4) is 5.75 Å². The average Bonchev–Trinajstić information content (AvgIpc) is 3.14. The fourth-order valence-electron chi connectivity index (χ4n) is 4.11. The molecular weight excluding hydrogens is 400 g/mol. The number of ether oxygens (including phenoxy) is 1. The van der Waals surface area contributed by atoms with Crippen molar-refractivity contribution in [2.24, 2.45) is 5.10 Å². The predicted octanol–water partition coefficient (Wildman–Crippen LogP) is 6.27. The highest BCUT2D eigenvalue weighted by Crippen LogP contribution is 2.44. The second-order valence-corrected chi connectivity index (χ2v) is 8.17. The average molecular weight is 421 g/mol. The number of fused-ring (bicyclic) bond motifs is 4. The molecule has 2 atom stereocenters. The van der Waals surface area contributed by atoms with Crippen LogP contribution in [0.3, 0.4) is 0 Å². The normalized spacial score (nSPS) is 20.8. The van der Waals surface area contributed by atoms with Crippen LogP contribution in [0.5, 0.6) is 5.75 Å². The summed E-state index contributed by atoms with van der Waals surface area (Å²) in [5.74, 6) is 0.993. The summed E-state index contributed by atoms with van der Waals surface area (Å²) < 4.78 is 7.38. The number of hydrogen-bond donors (Lipinski definition) is 0. The summed E-state index contributed by atoms with van der Waals surface area (Å²) in [7, 11) is 0. The maximum atomic E-state index is 6.29. The number of halogens is 1. The first-order valence-electron chi connectivity index (χ1n) is 9.54. The van der Waals surface area contributed by atoms with Crippen molar-refractivity contribution >= 4 is 32.4 Å². The van der Waals surface area contributed by atoms with Crippen molar-refractivity contribution < 1.29 is 4.74 Å². The molecule has 0 unspecified atom stereocenters. The number of hydrogen-bond acceptors (Lipinski definition) is 3. The third kappa shape index (κ3) is 2.92. The minimum Gasteiger partial charge on any atom is -0.469 e. The zero-order valence-corrected chi connectivity index (χ0v) is 16.8. The van der Waals surface area contributed by atoms with Crippen molar-refractivity contribution in [3.63, 3.8) is 0 Å². The highest BCUT2D eigenvalue weighted by atomic mass is 79.9. The molecular formula is C23H21BrN2O. The van der Waals surface area contributed by atoms with Crippen LogP contribution in [0.4, 0.5) is 0 Å². The Morgan fingerprint density at radius 1 is 1.07 bits per heavy atom. The van der Waals surface area contributed by atoms with Crippen molar-refractivity contribution in [2.75, 3.05) is 0 Å². The number of nitrogens with zero attached hydrogens (tertiary/aromatic N) is 2. The van der Waals surface area contributed by atoms with E-state index in [-0.39, 0.29) is 12.3 Å². The van der Waals surface area contributed by atoms with Crippen molar-refractivity contribution in [1.29, 1.82) is 0 Å². The third-order valence-electron chi connectivity index (χ3n) is 5.45. The molecule has 2 aliphatic rings. The first kappa shape index (κ1) is 16.8. The van der Waals surface area contributed by atoms with Crippen LogP contribution in [0.1, 0.15) is 43.4 Å². The first-order valence-corrected chi connectivity index (χ1v) is 10.3. The predicted molar refractivity (Wildman–Crippen MR) is 113 cm³/mol. The second kappa shape index (κ2) is 6.68. The highest BCUT2D eigenvalue weighted by Gasteiger charge is 2.39. The molecule has 4 heteroatoms. The fraction of sp³-hybridized carbons (Fsp3) is 0.261. The molecule has 0 aromatic heterocycles. The molecule has 0 saturated carbocycles. The van der Waals surface area contributed by atoms with Gasteiger partial charge in [-0.2, -0.15) is 5.10 Å². The van der Waals surface area contributed by atoms with Crippen molar-refractivity contribution in [3.05, 3.63) is 76.3 Å². The van der Waals surface area contributed by atoms with E-state index < -0.39 is 0 Å². The Hall–Kier alpha value is -2.33. The maximum absolute atomic E-state index is 6.29. The smallest absolute Gasteiger partial charge is 0.187 e. The lowest BCUT2D eigenvalue weighted by atomic mass is 9.95. The molecule has 136 valence electrons. The molecule has 2 heterocycles. The van der Waals surface area contributed by atoms with E-state index in [2.05, 4.69) is 88.5 Å². The molecule has 5 rings (SSSR count). The first-order chi connectivity index (χ1) is 13.2. The molecule has 0 radical (unpaired) electrons. The lowest BCUT2D eigenvalue weighted by molar-refractivity contribution is -0.0223. The van der Waals surface area contributed by atoms with E-state index in [0.29, 0.717) is 0 Å². The number of hydrazone groups is 1. The van der Waals surface area contributed by atoms with Gasteiger partial charge in [0.25, 0.3) is 0 Å². The maximum Gasteiger partial charge on any atom is 0.187 e. The summed E-state index contributed by atoms with van der Waals surface area (Å²) in [5, 5.41) is 9.73. The Balaban J connectivity index is 1.55. The second-order valence-electron chi connectivity index (χ2n) is 7.25. The van der Waals surface area contributed by atoms with Crippen LogP contribution in [0.15, 0.2) is 70.2 Å². The molecule has 0 fully saturated rings. The molecule has 27 heavy (non-hydrogen) atoms. The van der Waals surface area contributed by atoms with E-state index in [1.165, 1.54) is 21.9 Å². The minimum atomic E-state index is 0.00614. The zero-order chi connectivity index (χ0) is 18.4. The van der Waals surface area contributed by atoms with Gasteiger partial charge in [-0.3, -0.25) is 5.01 Å². The van der Waals surface area contributed by atoms with Crippen LogP contribution in [0.25, 0.3) is 10.8 Å². The summed E-state index contributed by atoms with van der Waals surface area (Å²) in [6.07, 6.45) is 2.96. The van der Waals surface area contributed by atoms with Crippen LogP contribution < -0.4 is 4.74 Å². The molecule has 3 aromatic rings. The van der Waals surface area contributed by atoms with Crippen LogP contribution in [-0.2, 0) is 0 Å². The van der Waals surface area contributed by atoms with Crippen LogP contribution in [-0.4, -0.2) is 16.9 Å². The molecule has 0 bridgehead atoms. The van der Waals surface area contributed by atoms with Crippen LogP contribution in [0.2, 0.25) is 0 Å². The lowest BCUT2D eigenvalue weighted by Gasteiger charge is -2.38. The van der Waals surface area contributed by atoms with Gasteiger partial charge < -0.3 is 4.74 Å². The molecule has 0 N–H and O–H groups in total. The molecule has 2 aliphatic heterocycles. The van der Waals surface area contributed by atoms with Gasteiger partial charge in [-0.25, -0.2) is 0 Å². The Morgan fingerprint density at radius 2 is 1.93 bits per heavy atom. The summed E-state index contributed by atoms with van der Waals surface area (Å²) in [5.41, 5.74) is 3.56. The van der Waals surface area contributed by atoms with E-state index in [1.807, 2.05) is 0 Å². The SMILES string of the molecule is CCC[C@H]1Oc2ccc(Br)cc2[C@@H]2CC(c3ccc4ccccc4c3)=NN12. The van der Waals surface area contributed by atoms with Gasteiger partial charge in [0.05, 0.1) is 11.8 Å². The van der Waals surface area contributed by atoms with E-state index in [1.54, 1.807) is 0 Å². The quantitative estimate of drug-likeness (QED) is 0.498. The molecule has 0 spiro atoms. The third-order valence-corrected chi connectivity index (χ3v) is 5.94. The largest absolute Gasteiger partial charge is 0.469 e. The Kier molecular flexibility index (Phi) is 4.16. The van der Waals surface area contributed by atoms with Gasteiger partial charge >= 0.3 is 0 Å². The number of benzene rings is 3. The summed E-state index contributed by atoms with van der Waals surface area (Å²) in [4.78, 5) is 0. The van der Waals surface area contributed by atoms with E-state index in [9.17, 15) is 0 Å². The molecule has 0 aliphatic carbocycles. The van der Waals surface area contributed by atoms with Gasteiger partial charge in [0.1, 0.15) is 5.75 Å². The van der Waals surface area contributed by atoms with Gasteiger partial charge in [0, 0.05) is 22.9 Å². The fourth-order valence-corrected chi connectivity index (χ4v) is 4.49. The Morgan fingerprint density at radius 3 is 2.78 bits per heavy atom. The van der Waals surface area contributed by atoms with Crippen LogP contribution >= 0.6 is 15.9 Å². The summed E-state index contributed by atoms with van der Waals surface area (Å²) in [6.45, 7) is 2.19. The highest BCUT2D eigenvalue weighted by molar-refractivity contribution is 9.10. The number of rotatable bonds is 3.